The molecule has 1 fully saturated rings. The summed E-state index contributed by atoms with van der Waals surface area (Å²) < 4.78 is 1.68. The Balaban J connectivity index is 1.80. The Bertz CT molecular complexity index is 1010. The smallest absolute Gasteiger partial charge is 0.254 e. The number of carbonyl (C=O) groups excluding carboxylic acids is 1. The number of nitrogens with zero attached hydrogens (tertiary/aromatic N) is 5. The van der Waals surface area contributed by atoms with Gasteiger partial charge >= 0.3 is 0 Å². The maximum atomic E-state index is 13.3. The largest absolute Gasteiger partial charge is 0.394 e. The number of pyridine rings is 1. The zero-order valence-electron chi connectivity index (χ0n) is 16.3. The van der Waals surface area contributed by atoms with Crippen LogP contribution in [0.5, 0.6) is 0 Å². The van der Waals surface area contributed by atoms with Crippen molar-refractivity contribution in [3.05, 3.63) is 47.8 Å². The Kier molecular flexibility index (Phi) is 5.11. The van der Waals surface area contributed by atoms with Crippen molar-refractivity contribution in [1.82, 2.24) is 24.6 Å². The Morgan fingerprint density at radius 1 is 1.21 bits per heavy atom. The number of aliphatic hydroxyl groups excluding tert-OH is 1. The molecule has 1 N–H and O–H groups in total. The zero-order valence-corrected chi connectivity index (χ0v) is 16.3. The van der Waals surface area contributed by atoms with Crippen molar-refractivity contribution in [2.75, 3.05) is 39.8 Å². The average Bonchev–Trinajstić information content (AvgIpc) is 3.17. The van der Waals surface area contributed by atoms with Crippen LogP contribution in [0, 0.1) is 6.92 Å². The molecule has 3 heterocycles. The topological polar surface area (TPSA) is 74.5 Å². The highest BCUT2D eigenvalue weighted by atomic mass is 16.3. The zero-order chi connectivity index (χ0) is 19.7. The molecule has 7 nitrogen and oxygen atoms in total. The molecule has 146 valence electrons. The number of aromatic nitrogens is 3. The lowest BCUT2D eigenvalue weighted by atomic mass is 10.0. The highest BCUT2D eigenvalue weighted by molar-refractivity contribution is 6.07. The Morgan fingerprint density at radius 3 is 2.75 bits per heavy atom. The molecule has 1 amide bonds. The predicted molar refractivity (Wildman–Crippen MR) is 108 cm³/mol. The normalized spacial score (nSPS) is 15.3. The van der Waals surface area contributed by atoms with Gasteiger partial charge in [0.15, 0.2) is 0 Å². The minimum absolute atomic E-state index is 0.0263. The predicted octanol–water partition coefficient (Wildman–Crippen LogP) is 1.79. The number of amides is 1. The molecule has 3 aromatic rings. The first-order valence-corrected chi connectivity index (χ1v) is 9.58. The third kappa shape index (κ3) is 3.50. The van der Waals surface area contributed by atoms with E-state index >= 15 is 0 Å². The van der Waals surface area contributed by atoms with Gasteiger partial charge in [-0.3, -0.25) is 9.48 Å². The monoisotopic (exact) mass is 379 g/mol. The number of piperazine rings is 1. The summed E-state index contributed by atoms with van der Waals surface area (Å²) in [5, 5.41) is 14.3. The molecule has 7 heteroatoms. The van der Waals surface area contributed by atoms with Crippen LogP contribution in [0.15, 0.2) is 36.7 Å². The number of aliphatic hydroxyl groups is 1. The van der Waals surface area contributed by atoms with Gasteiger partial charge in [0.25, 0.3) is 5.91 Å². The number of hydrogen-bond donors (Lipinski definition) is 1. The van der Waals surface area contributed by atoms with Crippen LogP contribution in [0.1, 0.15) is 15.9 Å². The molecular weight excluding hydrogens is 354 g/mol. The van der Waals surface area contributed by atoms with E-state index in [0.717, 1.165) is 53.9 Å². The number of para-hydroxylation sites is 1. The number of likely N-dealkylation sites (N-methyl/N-ethyl adjacent to an activating group) is 1. The summed E-state index contributed by atoms with van der Waals surface area (Å²) in [7, 11) is 2.08. The number of hydrogen-bond acceptors (Lipinski definition) is 5. The van der Waals surface area contributed by atoms with E-state index in [0.29, 0.717) is 12.1 Å². The lowest BCUT2D eigenvalue weighted by Gasteiger charge is -2.32. The van der Waals surface area contributed by atoms with Crippen LogP contribution in [-0.2, 0) is 6.54 Å². The number of rotatable bonds is 4. The quantitative estimate of drug-likeness (QED) is 0.748. The molecule has 0 radical (unpaired) electrons. The number of carbonyl (C=O) groups is 1. The van der Waals surface area contributed by atoms with Crippen molar-refractivity contribution in [2.45, 2.75) is 13.5 Å². The van der Waals surface area contributed by atoms with Crippen LogP contribution in [0.4, 0.5) is 0 Å². The van der Waals surface area contributed by atoms with Gasteiger partial charge in [-0.15, -0.1) is 0 Å². The van der Waals surface area contributed by atoms with E-state index in [1.807, 2.05) is 42.3 Å². The molecule has 4 rings (SSSR count). The summed E-state index contributed by atoms with van der Waals surface area (Å²) in [5.74, 6) is 0.0510. The first-order chi connectivity index (χ1) is 13.6. The van der Waals surface area contributed by atoms with Gasteiger partial charge in [0.2, 0.25) is 0 Å². The van der Waals surface area contributed by atoms with E-state index in [-0.39, 0.29) is 12.5 Å². The fraction of sp³-hybridized carbons (Fsp3) is 0.381. The molecular formula is C21H25N5O2. The third-order valence-corrected chi connectivity index (χ3v) is 5.32. The second kappa shape index (κ2) is 7.69. The number of aryl methyl sites for hydroxylation is 1. The highest BCUT2D eigenvalue weighted by Gasteiger charge is 2.23. The van der Waals surface area contributed by atoms with Crippen LogP contribution in [0.3, 0.4) is 0 Å². The fourth-order valence-corrected chi connectivity index (χ4v) is 3.62. The number of fused-ring (bicyclic) bond motifs is 1. The maximum Gasteiger partial charge on any atom is 0.254 e. The SMILES string of the molecule is Cc1cccc2c(C(=O)N3CCN(C)CC3)cc(-c3cnn(CCO)c3)nc12. The van der Waals surface area contributed by atoms with Crippen molar-refractivity contribution in [3.8, 4) is 11.3 Å². The molecule has 1 aliphatic heterocycles. The van der Waals surface area contributed by atoms with Gasteiger partial charge in [0.1, 0.15) is 0 Å². The molecule has 0 atom stereocenters. The van der Waals surface area contributed by atoms with Crippen LogP contribution >= 0.6 is 0 Å². The summed E-state index contributed by atoms with van der Waals surface area (Å²) in [6, 6.07) is 7.83. The van der Waals surface area contributed by atoms with Crippen molar-refractivity contribution in [2.24, 2.45) is 0 Å². The Labute approximate surface area is 164 Å². The lowest BCUT2D eigenvalue weighted by Crippen LogP contribution is -2.47. The first-order valence-electron chi connectivity index (χ1n) is 9.58. The number of benzene rings is 1. The Morgan fingerprint density at radius 2 is 2.00 bits per heavy atom. The first kappa shape index (κ1) is 18.6. The highest BCUT2D eigenvalue weighted by Crippen LogP contribution is 2.27. The standard InChI is InChI=1S/C21H25N5O2/c1-15-4-3-5-17-18(21(28)25-8-6-24(2)7-9-25)12-19(23-20(15)17)16-13-22-26(14-16)10-11-27/h3-5,12-14,27H,6-11H2,1-2H3. The summed E-state index contributed by atoms with van der Waals surface area (Å²) >= 11 is 0. The van der Waals surface area contributed by atoms with Crippen molar-refractivity contribution >= 4 is 16.8 Å². The second-order valence-electron chi connectivity index (χ2n) is 7.34. The van der Waals surface area contributed by atoms with E-state index < -0.39 is 0 Å². The van der Waals surface area contributed by atoms with Crippen LogP contribution < -0.4 is 0 Å². The molecule has 0 saturated carbocycles. The van der Waals surface area contributed by atoms with Crippen LogP contribution in [0.25, 0.3) is 22.2 Å². The molecule has 1 aliphatic rings. The van der Waals surface area contributed by atoms with Gasteiger partial charge in [0, 0.05) is 43.3 Å². The van der Waals surface area contributed by atoms with Crippen LogP contribution in [-0.4, -0.2) is 75.4 Å². The molecule has 0 unspecified atom stereocenters. The van der Waals surface area contributed by atoms with Gasteiger partial charge in [0.05, 0.1) is 36.1 Å². The Hall–Kier alpha value is -2.77. The van der Waals surface area contributed by atoms with E-state index in [4.69, 9.17) is 10.1 Å². The average molecular weight is 379 g/mol. The molecule has 0 spiro atoms. The van der Waals surface area contributed by atoms with E-state index in [2.05, 4.69) is 17.0 Å². The van der Waals surface area contributed by atoms with Gasteiger partial charge < -0.3 is 14.9 Å². The summed E-state index contributed by atoms with van der Waals surface area (Å²) in [6.45, 7) is 5.70. The third-order valence-electron chi connectivity index (χ3n) is 5.32. The van der Waals surface area contributed by atoms with Crippen LogP contribution in [0.2, 0.25) is 0 Å². The van der Waals surface area contributed by atoms with Gasteiger partial charge in [-0.2, -0.15) is 5.10 Å². The van der Waals surface area contributed by atoms with E-state index in [1.54, 1.807) is 10.9 Å². The molecule has 1 saturated heterocycles. The molecule has 1 aromatic carbocycles. The van der Waals surface area contributed by atoms with E-state index in [9.17, 15) is 4.79 Å². The van der Waals surface area contributed by atoms with Crippen molar-refractivity contribution in [1.29, 1.82) is 0 Å². The minimum atomic E-state index is 0.0263. The van der Waals surface area contributed by atoms with Gasteiger partial charge in [-0.05, 0) is 25.6 Å². The summed E-state index contributed by atoms with van der Waals surface area (Å²) in [4.78, 5) is 22.3. The molecule has 28 heavy (non-hydrogen) atoms. The molecule has 0 aliphatic carbocycles. The fourth-order valence-electron chi connectivity index (χ4n) is 3.62. The van der Waals surface area contributed by atoms with Gasteiger partial charge in [-0.1, -0.05) is 18.2 Å². The molecule has 2 aromatic heterocycles. The summed E-state index contributed by atoms with van der Waals surface area (Å²) in [5.41, 5.74) is 4.12. The second-order valence-corrected chi connectivity index (χ2v) is 7.34. The van der Waals surface area contributed by atoms with Crippen molar-refractivity contribution < 1.29 is 9.90 Å². The minimum Gasteiger partial charge on any atom is -0.394 e. The lowest BCUT2D eigenvalue weighted by molar-refractivity contribution is 0.0666. The molecule has 0 bridgehead atoms. The summed E-state index contributed by atoms with van der Waals surface area (Å²) in [6.07, 6.45) is 3.58. The maximum absolute atomic E-state index is 13.3. The van der Waals surface area contributed by atoms with E-state index in [1.165, 1.54) is 0 Å². The van der Waals surface area contributed by atoms with Crippen molar-refractivity contribution in [3.63, 3.8) is 0 Å². The van der Waals surface area contributed by atoms with Gasteiger partial charge in [-0.25, -0.2) is 4.98 Å².